The summed E-state index contributed by atoms with van der Waals surface area (Å²) in [6.07, 6.45) is 4.76. The largest absolute Gasteiger partial charge is 0.355 e. The number of nitrogens with zero attached hydrogens (tertiary/aromatic N) is 2. The van der Waals surface area contributed by atoms with Crippen molar-refractivity contribution >= 4 is 16.9 Å². The first-order chi connectivity index (χ1) is 8.79. The summed E-state index contributed by atoms with van der Waals surface area (Å²) in [7, 11) is 1.65. The van der Waals surface area contributed by atoms with Crippen molar-refractivity contribution in [1.29, 1.82) is 0 Å². The van der Waals surface area contributed by atoms with E-state index in [-0.39, 0.29) is 5.91 Å². The fraction of sp³-hybridized carbons (Fsp3) is 0.429. The van der Waals surface area contributed by atoms with Crippen LogP contribution in [-0.2, 0) is 13.0 Å². The van der Waals surface area contributed by atoms with Gasteiger partial charge in [-0.05, 0) is 31.0 Å². The van der Waals surface area contributed by atoms with Gasteiger partial charge in [-0.15, -0.1) is 0 Å². The van der Waals surface area contributed by atoms with Gasteiger partial charge < -0.3 is 9.88 Å². The van der Waals surface area contributed by atoms with Gasteiger partial charge in [0.1, 0.15) is 5.82 Å². The second kappa shape index (κ2) is 4.44. The third-order valence-electron chi connectivity index (χ3n) is 3.60. The Morgan fingerprint density at radius 3 is 3.06 bits per heavy atom. The second-order valence-corrected chi connectivity index (χ2v) is 4.77. The molecule has 3 rings (SSSR count). The van der Waals surface area contributed by atoms with E-state index in [1.807, 2.05) is 18.2 Å². The third-order valence-corrected chi connectivity index (χ3v) is 3.60. The first-order valence-corrected chi connectivity index (χ1v) is 6.51. The number of fused-ring (bicyclic) bond motifs is 3. The topological polar surface area (TPSA) is 46.9 Å². The molecule has 2 heterocycles. The zero-order valence-corrected chi connectivity index (χ0v) is 10.6. The number of rotatable bonds is 1. The van der Waals surface area contributed by atoms with E-state index in [1.54, 1.807) is 7.05 Å². The van der Waals surface area contributed by atoms with Crippen LogP contribution in [0.3, 0.4) is 0 Å². The van der Waals surface area contributed by atoms with Crippen molar-refractivity contribution in [2.75, 3.05) is 7.05 Å². The molecular formula is C14H17N3O. The third kappa shape index (κ3) is 1.78. The Morgan fingerprint density at radius 1 is 1.33 bits per heavy atom. The zero-order chi connectivity index (χ0) is 12.5. The summed E-state index contributed by atoms with van der Waals surface area (Å²) >= 11 is 0. The van der Waals surface area contributed by atoms with Crippen LogP contribution in [0.15, 0.2) is 18.2 Å². The highest BCUT2D eigenvalue weighted by Gasteiger charge is 2.14. The van der Waals surface area contributed by atoms with Gasteiger partial charge in [0.2, 0.25) is 0 Å². The van der Waals surface area contributed by atoms with Gasteiger partial charge in [-0.3, -0.25) is 4.79 Å². The summed E-state index contributed by atoms with van der Waals surface area (Å²) in [5.74, 6) is 1.11. The molecule has 4 nitrogen and oxygen atoms in total. The molecule has 1 aromatic heterocycles. The van der Waals surface area contributed by atoms with Gasteiger partial charge in [-0.1, -0.05) is 6.42 Å². The van der Waals surface area contributed by atoms with Crippen molar-refractivity contribution in [3.63, 3.8) is 0 Å². The van der Waals surface area contributed by atoms with E-state index in [9.17, 15) is 4.79 Å². The molecule has 0 unspecified atom stereocenters. The lowest BCUT2D eigenvalue weighted by atomic mass is 10.2. The fourth-order valence-corrected chi connectivity index (χ4v) is 2.64. The van der Waals surface area contributed by atoms with E-state index in [4.69, 9.17) is 0 Å². The SMILES string of the molecule is CNC(=O)c1ccc2c(c1)nc1n2CCCCC1. The lowest BCUT2D eigenvalue weighted by Crippen LogP contribution is -2.17. The van der Waals surface area contributed by atoms with Gasteiger partial charge in [0.05, 0.1) is 11.0 Å². The number of imidazole rings is 1. The number of hydrogen-bond acceptors (Lipinski definition) is 2. The minimum absolute atomic E-state index is 0.0555. The number of carbonyl (C=O) groups excluding carboxylic acids is 1. The average molecular weight is 243 g/mol. The highest BCUT2D eigenvalue weighted by atomic mass is 16.1. The minimum atomic E-state index is -0.0555. The minimum Gasteiger partial charge on any atom is -0.355 e. The molecule has 1 N–H and O–H groups in total. The van der Waals surface area contributed by atoms with Crippen LogP contribution in [0, 0.1) is 0 Å². The summed E-state index contributed by atoms with van der Waals surface area (Å²) < 4.78 is 2.30. The average Bonchev–Trinajstić information content (AvgIpc) is 2.58. The van der Waals surface area contributed by atoms with Gasteiger partial charge in [-0.2, -0.15) is 0 Å². The summed E-state index contributed by atoms with van der Waals surface area (Å²) in [5, 5.41) is 2.64. The first-order valence-electron chi connectivity index (χ1n) is 6.51. The molecule has 0 atom stereocenters. The molecular weight excluding hydrogens is 226 g/mol. The monoisotopic (exact) mass is 243 g/mol. The molecule has 0 radical (unpaired) electrons. The highest BCUT2D eigenvalue weighted by Crippen LogP contribution is 2.22. The molecule has 94 valence electrons. The molecule has 0 fully saturated rings. The maximum absolute atomic E-state index is 11.6. The van der Waals surface area contributed by atoms with Crippen LogP contribution in [0.1, 0.15) is 35.4 Å². The molecule has 4 heteroatoms. The highest BCUT2D eigenvalue weighted by molar-refractivity contribution is 5.97. The number of benzene rings is 1. The Labute approximate surface area is 106 Å². The number of aromatic nitrogens is 2. The van der Waals surface area contributed by atoms with Gasteiger partial charge in [-0.25, -0.2) is 4.98 Å². The quantitative estimate of drug-likeness (QED) is 0.834. The second-order valence-electron chi connectivity index (χ2n) is 4.77. The molecule has 0 saturated carbocycles. The molecule has 1 amide bonds. The van der Waals surface area contributed by atoms with E-state index in [1.165, 1.54) is 19.3 Å². The number of nitrogens with one attached hydrogen (secondary N) is 1. The Bertz CT molecular complexity index is 600. The molecule has 1 aliphatic heterocycles. The Balaban J connectivity index is 2.11. The van der Waals surface area contributed by atoms with Crippen molar-refractivity contribution in [2.45, 2.75) is 32.2 Å². The fourth-order valence-electron chi connectivity index (χ4n) is 2.64. The number of carbonyl (C=O) groups is 1. The predicted molar refractivity (Wildman–Crippen MR) is 70.7 cm³/mol. The van der Waals surface area contributed by atoms with Gasteiger partial charge in [0.15, 0.2) is 0 Å². The standard InChI is InChI=1S/C14H17N3O/c1-15-14(18)10-6-7-12-11(9-10)16-13-5-3-2-4-8-17(12)13/h6-7,9H,2-5,8H2,1H3,(H,15,18). The van der Waals surface area contributed by atoms with E-state index >= 15 is 0 Å². The van der Waals surface area contributed by atoms with Crippen LogP contribution < -0.4 is 5.32 Å². The van der Waals surface area contributed by atoms with Crippen LogP contribution in [0.5, 0.6) is 0 Å². The lowest BCUT2D eigenvalue weighted by Gasteiger charge is -2.04. The van der Waals surface area contributed by atoms with Gasteiger partial charge in [0.25, 0.3) is 5.91 Å². The number of hydrogen-bond donors (Lipinski definition) is 1. The van der Waals surface area contributed by atoms with Crippen LogP contribution in [-0.4, -0.2) is 22.5 Å². The van der Waals surface area contributed by atoms with E-state index in [0.29, 0.717) is 5.56 Å². The van der Waals surface area contributed by atoms with Crippen molar-refractivity contribution in [2.24, 2.45) is 0 Å². The smallest absolute Gasteiger partial charge is 0.251 e. The maximum Gasteiger partial charge on any atom is 0.251 e. The summed E-state index contributed by atoms with van der Waals surface area (Å²) in [6.45, 7) is 1.05. The Kier molecular flexibility index (Phi) is 2.78. The van der Waals surface area contributed by atoms with E-state index in [2.05, 4.69) is 14.9 Å². The molecule has 2 aromatic rings. The van der Waals surface area contributed by atoms with Crippen LogP contribution in [0.4, 0.5) is 0 Å². The molecule has 0 aliphatic carbocycles. The number of aryl methyl sites for hydroxylation is 2. The van der Waals surface area contributed by atoms with Crippen molar-refractivity contribution in [3.8, 4) is 0 Å². The van der Waals surface area contributed by atoms with E-state index < -0.39 is 0 Å². The predicted octanol–water partition coefficient (Wildman–Crippen LogP) is 2.12. The Hall–Kier alpha value is -1.84. The molecule has 18 heavy (non-hydrogen) atoms. The molecule has 0 bridgehead atoms. The van der Waals surface area contributed by atoms with Crippen molar-refractivity contribution in [3.05, 3.63) is 29.6 Å². The Morgan fingerprint density at radius 2 is 2.22 bits per heavy atom. The maximum atomic E-state index is 11.6. The number of amides is 1. The van der Waals surface area contributed by atoms with Crippen molar-refractivity contribution in [1.82, 2.24) is 14.9 Å². The van der Waals surface area contributed by atoms with Crippen LogP contribution in [0.2, 0.25) is 0 Å². The molecule has 1 aliphatic rings. The van der Waals surface area contributed by atoms with Crippen LogP contribution in [0.25, 0.3) is 11.0 Å². The lowest BCUT2D eigenvalue weighted by molar-refractivity contribution is 0.0963. The van der Waals surface area contributed by atoms with Crippen molar-refractivity contribution < 1.29 is 4.79 Å². The molecule has 0 spiro atoms. The van der Waals surface area contributed by atoms with Crippen LogP contribution >= 0.6 is 0 Å². The molecule has 0 saturated heterocycles. The normalized spacial score (nSPS) is 15.2. The summed E-state index contributed by atoms with van der Waals surface area (Å²) in [4.78, 5) is 16.3. The van der Waals surface area contributed by atoms with Gasteiger partial charge in [0, 0.05) is 25.6 Å². The first kappa shape index (κ1) is 11.3. The van der Waals surface area contributed by atoms with E-state index in [0.717, 1.165) is 29.8 Å². The zero-order valence-electron chi connectivity index (χ0n) is 10.6. The summed E-state index contributed by atoms with van der Waals surface area (Å²) in [5.41, 5.74) is 2.77. The van der Waals surface area contributed by atoms with Gasteiger partial charge >= 0.3 is 0 Å². The summed E-state index contributed by atoms with van der Waals surface area (Å²) in [6, 6.07) is 5.78. The molecule has 1 aromatic carbocycles.